The minimum Gasteiger partial charge on any atom is -0.352 e. The average molecular weight is 293 g/mol. The summed E-state index contributed by atoms with van der Waals surface area (Å²) >= 11 is 6.29. The van der Waals surface area contributed by atoms with Crippen LogP contribution in [0.1, 0.15) is 44.2 Å². The summed E-state index contributed by atoms with van der Waals surface area (Å²) in [6.07, 6.45) is 4.64. The Hall–Kier alpha value is -1.06. The minimum atomic E-state index is 0.151. The van der Waals surface area contributed by atoms with Gasteiger partial charge in [-0.25, -0.2) is 0 Å². The van der Waals surface area contributed by atoms with E-state index in [1.807, 2.05) is 18.2 Å². The molecule has 2 aliphatic carbocycles. The normalized spacial score (nSPS) is 19.9. The first-order valence-corrected chi connectivity index (χ1v) is 7.82. The minimum absolute atomic E-state index is 0.151. The number of nitrogens with zero attached hydrogens (tertiary/aromatic N) is 1. The zero-order valence-electron chi connectivity index (χ0n) is 11.8. The number of benzene rings is 1. The van der Waals surface area contributed by atoms with Crippen molar-refractivity contribution >= 4 is 17.5 Å². The fraction of sp³-hybridized carbons (Fsp3) is 0.562. The van der Waals surface area contributed by atoms with E-state index in [-0.39, 0.29) is 11.9 Å². The van der Waals surface area contributed by atoms with Crippen LogP contribution in [-0.4, -0.2) is 29.4 Å². The number of amides is 1. The Morgan fingerprint density at radius 2 is 2.05 bits per heavy atom. The van der Waals surface area contributed by atoms with E-state index in [0.29, 0.717) is 18.6 Å². The van der Waals surface area contributed by atoms with Gasteiger partial charge in [-0.3, -0.25) is 9.69 Å². The second-order valence-corrected chi connectivity index (χ2v) is 6.35. The molecule has 1 aromatic carbocycles. The molecule has 2 aliphatic rings. The second kappa shape index (κ2) is 5.74. The Labute approximate surface area is 125 Å². The number of halogens is 1. The molecule has 1 N–H and O–H groups in total. The van der Waals surface area contributed by atoms with Crippen molar-refractivity contribution in [3.63, 3.8) is 0 Å². The molecule has 1 unspecified atom stereocenters. The Kier molecular flexibility index (Phi) is 3.99. The van der Waals surface area contributed by atoms with Gasteiger partial charge in [-0.2, -0.15) is 0 Å². The molecule has 0 aromatic heterocycles. The molecule has 3 rings (SSSR count). The van der Waals surface area contributed by atoms with Crippen LogP contribution in [0.3, 0.4) is 0 Å². The monoisotopic (exact) mass is 292 g/mol. The van der Waals surface area contributed by atoms with Crippen LogP contribution in [-0.2, 0) is 4.79 Å². The summed E-state index contributed by atoms with van der Waals surface area (Å²) in [4.78, 5) is 14.4. The van der Waals surface area contributed by atoms with Crippen molar-refractivity contribution in [2.24, 2.45) is 0 Å². The zero-order valence-corrected chi connectivity index (χ0v) is 12.6. The molecule has 1 amide bonds. The van der Waals surface area contributed by atoms with Crippen molar-refractivity contribution in [1.82, 2.24) is 10.2 Å². The van der Waals surface area contributed by atoms with E-state index in [1.165, 1.54) is 12.8 Å². The second-order valence-electron chi connectivity index (χ2n) is 5.94. The molecule has 2 saturated carbocycles. The van der Waals surface area contributed by atoms with E-state index in [1.54, 1.807) is 0 Å². The van der Waals surface area contributed by atoms with Crippen molar-refractivity contribution in [1.29, 1.82) is 0 Å². The van der Waals surface area contributed by atoms with Gasteiger partial charge in [0.15, 0.2) is 0 Å². The smallest absolute Gasteiger partial charge is 0.234 e. The SMILES string of the molecule is CC(c1ccccc1Cl)N(CC(=O)NC1CC1)C1CC1. The van der Waals surface area contributed by atoms with Gasteiger partial charge in [0.25, 0.3) is 0 Å². The highest BCUT2D eigenvalue weighted by Gasteiger charge is 2.35. The lowest BCUT2D eigenvalue weighted by Crippen LogP contribution is -2.40. The number of hydrogen-bond acceptors (Lipinski definition) is 2. The van der Waals surface area contributed by atoms with E-state index in [0.717, 1.165) is 23.4 Å². The van der Waals surface area contributed by atoms with E-state index >= 15 is 0 Å². The van der Waals surface area contributed by atoms with Crippen molar-refractivity contribution in [2.75, 3.05) is 6.54 Å². The highest BCUT2D eigenvalue weighted by Crippen LogP contribution is 2.36. The van der Waals surface area contributed by atoms with Gasteiger partial charge in [0.05, 0.1) is 6.54 Å². The maximum atomic E-state index is 12.1. The lowest BCUT2D eigenvalue weighted by molar-refractivity contribution is -0.123. The molecule has 0 spiro atoms. The van der Waals surface area contributed by atoms with Gasteiger partial charge in [-0.1, -0.05) is 29.8 Å². The van der Waals surface area contributed by atoms with Gasteiger partial charge in [0, 0.05) is 23.1 Å². The molecule has 108 valence electrons. The quantitative estimate of drug-likeness (QED) is 0.873. The van der Waals surface area contributed by atoms with E-state index < -0.39 is 0 Å². The van der Waals surface area contributed by atoms with Crippen molar-refractivity contribution < 1.29 is 4.79 Å². The number of hydrogen-bond donors (Lipinski definition) is 1. The Morgan fingerprint density at radius 1 is 1.35 bits per heavy atom. The highest BCUT2D eigenvalue weighted by molar-refractivity contribution is 6.31. The number of carbonyl (C=O) groups excluding carboxylic acids is 1. The van der Waals surface area contributed by atoms with Gasteiger partial charge in [0.2, 0.25) is 5.91 Å². The molecule has 1 aromatic rings. The van der Waals surface area contributed by atoms with Gasteiger partial charge in [-0.15, -0.1) is 0 Å². The van der Waals surface area contributed by atoms with Crippen LogP contribution in [0.25, 0.3) is 0 Å². The Bertz CT molecular complexity index is 497. The third kappa shape index (κ3) is 3.33. The molecule has 4 heteroatoms. The third-order valence-corrected chi connectivity index (χ3v) is 4.48. The van der Waals surface area contributed by atoms with Gasteiger partial charge < -0.3 is 5.32 Å². The lowest BCUT2D eigenvalue weighted by atomic mass is 10.1. The van der Waals surface area contributed by atoms with Crippen LogP contribution in [0, 0.1) is 0 Å². The van der Waals surface area contributed by atoms with Gasteiger partial charge in [0.1, 0.15) is 0 Å². The molecule has 3 nitrogen and oxygen atoms in total. The topological polar surface area (TPSA) is 32.3 Å². The van der Waals surface area contributed by atoms with Crippen LogP contribution < -0.4 is 5.32 Å². The zero-order chi connectivity index (χ0) is 14.1. The summed E-state index contributed by atoms with van der Waals surface area (Å²) in [6.45, 7) is 2.62. The summed E-state index contributed by atoms with van der Waals surface area (Å²) < 4.78 is 0. The molecule has 20 heavy (non-hydrogen) atoms. The lowest BCUT2D eigenvalue weighted by Gasteiger charge is -2.29. The van der Waals surface area contributed by atoms with Crippen LogP contribution >= 0.6 is 11.6 Å². The largest absolute Gasteiger partial charge is 0.352 e. The van der Waals surface area contributed by atoms with Crippen molar-refractivity contribution in [3.8, 4) is 0 Å². The Morgan fingerprint density at radius 3 is 2.65 bits per heavy atom. The molecule has 1 atom stereocenters. The summed E-state index contributed by atoms with van der Waals surface area (Å²) in [7, 11) is 0. The highest BCUT2D eigenvalue weighted by atomic mass is 35.5. The standard InChI is InChI=1S/C16H21ClN2O/c1-11(14-4-2-3-5-15(14)17)19(13-8-9-13)10-16(20)18-12-6-7-12/h2-5,11-13H,6-10H2,1H3,(H,18,20). The first kappa shape index (κ1) is 13.9. The van der Waals surface area contributed by atoms with Crippen LogP contribution in [0.15, 0.2) is 24.3 Å². The molecular weight excluding hydrogens is 272 g/mol. The predicted octanol–water partition coefficient (Wildman–Crippen LogP) is 3.14. The number of carbonyl (C=O) groups is 1. The third-order valence-electron chi connectivity index (χ3n) is 4.14. The molecule has 0 saturated heterocycles. The van der Waals surface area contributed by atoms with Gasteiger partial charge >= 0.3 is 0 Å². The molecule has 2 fully saturated rings. The fourth-order valence-corrected chi connectivity index (χ4v) is 2.94. The molecule has 0 radical (unpaired) electrons. The Balaban J connectivity index is 1.69. The van der Waals surface area contributed by atoms with E-state index in [9.17, 15) is 4.79 Å². The number of rotatable bonds is 6. The maximum Gasteiger partial charge on any atom is 0.234 e. The summed E-state index contributed by atoms with van der Waals surface area (Å²) in [5.74, 6) is 0.151. The van der Waals surface area contributed by atoms with E-state index in [2.05, 4.69) is 23.2 Å². The summed E-state index contributed by atoms with van der Waals surface area (Å²) in [5.41, 5.74) is 1.11. The summed E-state index contributed by atoms with van der Waals surface area (Å²) in [5, 5.41) is 3.86. The van der Waals surface area contributed by atoms with Crippen LogP contribution in [0.2, 0.25) is 5.02 Å². The average Bonchev–Trinajstić information content (AvgIpc) is 3.29. The number of nitrogens with one attached hydrogen (secondary N) is 1. The van der Waals surface area contributed by atoms with E-state index in [4.69, 9.17) is 11.6 Å². The van der Waals surface area contributed by atoms with Crippen molar-refractivity contribution in [2.45, 2.75) is 50.7 Å². The molecule has 0 bridgehead atoms. The molecular formula is C16H21ClN2O. The summed E-state index contributed by atoms with van der Waals surface area (Å²) in [6, 6.07) is 9.07. The predicted molar refractivity (Wildman–Crippen MR) is 80.8 cm³/mol. The maximum absolute atomic E-state index is 12.1. The van der Waals surface area contributed by atoms with Crippen molar-refractivity contribution in [3.05, 3.63) is 34.9 Å². The van der Waals surface area contributed by atoms with Gasteiger partial charge in [-0.05, 0) is 44.2 Å². The first-order chi connectivity index (χ1) is 9.65. The van der Waals surface area contributed by atoms with Crippen LogP contribution in [0.5, 0.6) is 0 Å². The van der Waals surface area contributed by atoms with Crippen LogP contribution in [0.4, 0.5) is 0 Å². The first-order valence-electron chi connectivity index (χ1n) is 7.44. The fourth-order valence-electron chi connectivity index (χ4n) is 2.65. The molecule has 0 aliphatic heterocycles. The molecule has 0 heterocycles.